The summed E-state index contributed by atoms with van der Waals surface area (Å²) in [7, 11) is -3.59. The Morgan fingerprint density at radius 3 is 2.35 bits per heavy atom. The minimum Gasteiger partial charge on any atom is -0.461 e. The molecule has 0 unspecified atom stereocenters. The molecule has 0 radical (unpaired) electrons. The van der Waals surface area contributed by atoms with Crippen molar-refractivity contribution >= 4 is 31.9 Å². The highest BCUT2D eigenvalue weighted by Gasteiger charge is 2.13. The van der Waals surface area contributed by atoms with E-state index in [1.807, 2.05) is 24.3 Å². The first-order valence-electron chi connectivity index (χ1n) is 6.92. The fourth-order valence-electron chi connectivity index (χ4n) is 1.79. The number of carbonyl (C=O) groups is 1. The minimum atomic E-state index is -3.59. The topological polar surface area (TPSA) is 72.5 Å². The van der Waals surface area contributed by atoms with Crippen LogP contribution in [0.4, 0.5) is 0 Å². The quantitative estimate of drug-likeness (QED) is 0.728. The van der Waals surface area contributed by atoms with Crippen molar-refractivity contribution in [3.8, 4) is 0 Å². The molecule has 0 saturated heterocycles. The van der Waals surface area contributed by atoms with E-state index in [0.717, 1.165) is 10.0 Å². The summed E-state index contributed by atoms with van der Waals surface area (Å²) in [6.45, 7) is 0.161. The Kier molecular flexibility index (Phi) is 6.32. The van der Waals surface area contributed by atoms with Gasteiger partial charge in [0.1, 0.15) is 6.61 Å². The van der Waals surface area contributed by atoms with Gasteiger partial charge in [-0.05, 0) is 29.8 Å². The minimum absolute atomic E-state index is 0.00357. The molecule has 0 amide bonds. The molecule has 0 aliphatic rings. The number of halogens is 1. The molecule has 2 rings (SSSR count). The van der Waals surface area contributed by atoms with Gasteiger partial charge in [-0.15, -0.1) is 0 Å². The zero-order chi connectivity index (χ0) is 16.7. The number of hydrogen-bond acceptors (Lipinski definition) is 4. The van der Waals surface area contributed by atoms with E-state index in [4.69, 9.17) is 4.74 Å². The maximum Gasteiger partial charge on any atom is 0.307 e. The Hall–Kier alpha value is -1.70. The predicted octanol–water partition coefficient (Wildman–Crippen LogP) is 2.86. The van der Waals surface area contributed by atoms with Crippen LogP contribution < -0.4 is 4.72 Å². The Morgan fingerprint density at radius 1 is 1.04 bits per heavy atom. The second-order valence-electron chi connectivity index (χ2n) is 4.75. The van der Waals surface area contributed by atoms with E-state index in [-0.39, 0.29) is 24.5 Å². The fourth-order valence-corrected chi connectivity index (χ4v) is 3.10. The van der Waals surface area contributed by atoms with Crippen molar-refractivity contribution in [2.75, 3.05) is 6.54 Å². The molecule has 1 N–H and O–H groups in total. The third-order valence-electron chi connectivity index (χ3n) is 2.99. The van der Waals surface area contributed by atoms with Crippen LogP contribution in [0.2, 0.25) is 0 Å². The van der Waals surface area contributed by atoms with Crippen LogP contribution in [0.25, 0.3) is 0 Å². The van der Waals surface area contributed by atoms with Gasteiger partial charge in [0, 0.05) is 11.0 Å². The number of sulfonamides is 1. The number of nitrogens with one attached hydrogen (secondary N) is 1. The third-order valence-corrected chi connectivity index (χ3v) is 4.99. The second-order valence-corrected chi connectivity index (χ2v) is 7.43. The van der Waals surface area contributed by atoms with Crippen LogP contribution in [-0.4, -0.2) is 20.9 Å². The summed E-state index contributed by atoms with van der Waals surface area (Å²) in [5.74, 6) is -0.455. The van der Waals surface area contributed by atoms with Crippen molar-refractivity contribution in [3.63, 3.8) is 0 Å². The molecule has 7 heteroatoms. The van der Waals surface area contributed by atoms with Crippen LogP contribution in [0.1, 0.15) is 12.0 Å². The monoisotopic (exact) mass is 397 g/mol. The number of benzene rings is 2. The van der Waals surface area contributed by atoms with Gasteiger partial charge in [-0.2, -0.15) is 0 Å². The van der Waals surface area contributed by atoms with Gasteiger partial charge < -0.3 is 4.74 Å². The lowest BCUT2D eigenvalue weighted by Gasteiger charge is -2.07. The largest absolute Gasteiger partial charge is 0.461 e. The van der Waals surface area contributed by atoms with E-state index in [2.05, 4.69) is 20.7 Å². The molecule has 0 heterocycles. The summed E-state index contributed by atoms with van der Waals surface area (Å²) in [5.41, 5.74) is 0.867. The molecule has 0 aliphatic carbocycles. The van der Waals surface area contributed by atoms with Crippen molar-refractivity contribution < 1.29 is 17.9 Å². The van der Waals surface area contributed by atoms with Crippen molar-refractivity contribution in [1.82, 2.24) is 4.72 Å². The van der Waals surface area contributed by atoms with Crippen LogP contribution in [0.3, 0.4) is 0 Å². The molecule has 0 bridgehead atoms. The highest BCUT2D eigenvalue weighted by atomic mass is 79.9. The van der Waals surface area contributed by atoms with Crippen molar-refractivity contribution in [1.29, 1.82) is 0 Å². The molecule has 0 atom stereocenters. The molecular weight excluding hydrogens is 382 g/mol. The molecule has 0 fully saturated rings. The van der Waals surface area contributed by atoms with Gasteiger partial charge in [0.05, 0.1) is 11.3 Å². The standard InChI is InChI=1S/C16H16BrNO4S/c17-14-8-6-13(7-9-14)12-22-16(19)10-11-18-23(20,21)15-4-2-1-3-5-15/h1-9,18H,10-12H2. The van der Waals surface area contributed by atoms with Crippen molar-refractivity contribution in [2.45, 2.75) is 17.9 Å². The van der Waals surface area contributed by atoms with Gasteiger partial charge in [0.2, 0.25) is 10.0 Å². The number of carbonyl (C=O) groups excluding carboxylic acids is 1. The normalized spacial score (nSPS) is 11.2. The zero-order valence-corrected chi connectivity index (χ0v) is 14.6. The van der Waals surface area contributed by atoms with Gasteiger partial charge in [-0.25, -0.2) is 13.1 Å². The van der Waals surface area contributed by atoms with E-state index >= 15 is 0 Å². The fraction of sp³-hybridized carbons (Fsp3) is 0.188. The lowest BCUT2D eigenvalue weighted by atomic mass is 10.2. The number of rotatable bonds is 7. The molecule has 5 nitrogen and oxygen atoms in total. The Bertz CT molecular complexity index is 745. The number of esters is 1. The Labute approximate surface area is 143 Å². The van der Waals surface area contributed by atoms with Crippen molar-refractivity contribution in [2.24, 2.45) is 0 Å². The molecule has 23 heavy (non-hydrogen) atoms. The summed E-state index contributed by atoms with van der Waals surface area (Å²) >= 11 is 3.32. The summed E-state index contributed by atoms with van der Waals surface area (Å²) in [4.78, 5) is 11.8. The van der Waals surface area contributed by atoms with E-state index in [9.17, 15) is 13.2 Å². The van der Waals surface area contributed by atoms with Gasteiger partial charge in [-0.3, -0.25) is 4.79 Å². The summed E-state index contributed by atoms with van der Waals surface area (Å²) in [5, 5.41) is 0. The maximum atomic E-state index is 12.0. The first-order valence-corrected chi connectivity index (χ1v) is 9.20. The highest BCUT2D eigenvalue weighted by Crippen LogP contribution is 2.11. The molecule has 0 aromatic heterocycles. The lowest BCUT2D eigenvalue weighted by molar-refractivity contribution is -0.144. The highest BCUT2D eigenvalue weighted by molar-refractivity contribution is 9.10. The first-order chi connectivity index (χ1) is 11.0. The maximum absolute atomic E-state index is 12.0. The van der Waals surface area contributed by atoms with Gasteiger partial charge in [-0.1, -0.05) is 46.3 Å². The number of ether oxygens (including phenoxy) is 1. The zero-order valence-electron chi connectivity index (χ0n) is 12.2. The smallest absolute Gasteiger partial charge is 0.307 e. The molecular formula is C16H16BrNO4S. The average molecular weight is 398 g/mol. The van der Waals surface area contributed by atoms with E-state index in [0.29, 0.717) is 0 Å². The summed E-state index contributed by atoms with van der Waals surface area (Å²) in [6, 6.07) is 15.4. The molecule has 122 valence electrons. The number of hydrogen-bond donors (Lipinski definition) is 1. The Balaban J connectivity index is 1.75. The lowest BCUT2D eigenvalue weighted by Crippen LogP contribution is -2.26. The average Bonchev–Trinajstić information content (AvgIpc) is 2.55. The molecule has 2 aromatic carbocycles. The molecule has 0 saturated carbocycles. The second kappa shape index (κ2) is 8.24. The predicted molar refractivity (Wildman–Crippen MR) is 90.2 cm³/mol. The van der Waals surface area contributed by atoms with Gasteiger partial charge in [0.25, 0.3) is 0 Å². The summed E-state index contributed by atoms with van der Waals surface area (Å²) < 4.78 is 32.3. The van der Waals surface area contributed by atoms with Gasteiger partial charge >= 0.3 is 5.97 Å². The molecule has 0 aliphatic heterocycles. The van der Waals surface area contributed by atoms with E-state index < -0.39 is 16.0 Å². The van der Waals surface area contributed by atoms with Crippen LogP contribution in [-0.2, 0) is 26.2 Å². The van der Waals surface area contributed by atoms with Crippen molar-refractivity contribution in [3.05, 3.63) is 64.6 Å². The summed E-state index contributed by atoms with van der Waals surface area (Å²) in [6.07, 6.45) is -0.0252. The third kappa shape index (κ3) is 5.78. The molecule has 2 aromatic rings. The van der Waals surface area contributed by atoms with Gasteiger partial charge in [0.15, 0.2) is 0 Å². The van der Waals surface area contributed by atoms with Crippen LogP contribution >= 0.6 is 15.9 Å². The van der Waals surface area contributed by atoms with Crippen LogP contribution in [0.5, 0.6) is 0 Å². The first kappa shape index (κ1) is 17.7. The van der Waals surface area contributed by atoms with E-state index in [1.165, 1.54) is 12.1 Å². The Morgan fingerprint density at radius 2 is 1.70 bits per heavy atom. The van der Waals surface area contributed by atoms with E-state index in [1.54, 1.807) is 18.2 Å². The van der Waals surface area contributed by atoms with Crippen LogP contribution in [0.15, 0.2) is 64.0 Å². The SMILES string of the molecule is O=C(CCNS(=O)(=O)c1ccccc1)OCc1ccc(Br)cc1. The molecule has 0 spiro atoms. The van der Waals surface area contributed by atoms with Crippen LogP contribution in [0, 0.1) is 0 Å².